The minimum Gasteiger partial charge on any atom is -0.508 e. The molecule has 5 nitrogen and oxygen atoms in total. The van der Waals surface area contributed by atoms with Crippen molar-refractivity contribution < 1.29 is 5.11 Å². The summed E-state index contributed by atoms with van der Waals surface area (Å²) in [5.74, 6) is 6.03. The molecule has 13 heavy (non-hydrogen) atoms. The first kappa shape index (κ1) is 7.88. The Labute approximate surface area is 74.8 Å². The van der Waals surface area contributed by atoms with Crippen molar-refractivity contribution in [3.05, 3.63) is 18.2 Å². The highest BCUT2D eigenvalue weighted by Gasteiger charge is 2.05. The monoisotopic (exact) mass is 178 g/mol. The molecule has 0 aliphatic heterocycles. The Hall–Kier alpha value is -1.75. The lowest BCUT2D eigenvalue weighted by Gasteiger charge is -1.98. The summed E-state index contributed by atoms with van der Waals surface area (Å²) in [6, 6.07) is 5.00. The first-order chi connectivity index (χ1) is 6.22. The summed E-state index contributed by atoms with van der Waals surface area (Å²) in [6.45, 7) is 0. The van der Waals surface area contributed by atoms with Crippen LogP contribution in [-0.4, -0.2) is 14.7 Å². The molecule has 0 fully saturated rings. The van der Waals surface area contributed by atoms with Crippen molar-refractivity contribution in [3.63, 3.8) is 0 Å². The summed E-state index contributed by atoms with van der Waals surface area (Å²) < 4.78 is 1.81. The third-order valence-corrected chi connectivity index (χ3v) is 1.99. The fraction of sp³-hybridized carbons (Fsp3) is 0.125. The molecule has 0 unspecified atom stereocenters. The van der Waals surface area contributed by atoms with Gasteiger partial charge in [-0.05, 0) is 12.1 Å². The number of aromatic nitrogens is 2. The maximum absolute atomic E-state index is 9.20. The fourth-order valence-corrected chi connectivity index (χ4v) is 1.32. The number of aryl methyl sites for hydroxylation is 1. The zero-order chi connectivity index (χ0) is 9.42. The number of hydrogen-bond donors (Lipinski definition) is 3. The molecule has 0 saturated carbocycles. The van der Waals surface area contributed by atoms with Gasteiger partial charge in [-0.3, -0.25) is 5.43 Å². The van der Waals surface area contributed by atoms with Crippen molar-refractivity contribution in [1.29, 1.82) is 0 Å². The lowest BCUT2D eigenvalue weighted by Crippen LogP contribution is -2.11. The molecule has 0 radical (unpaired) electrons. The van der Waals surface area contributed by atoms with Gasteiger partial charge in [-0.15, -0.1) is 0 Å². The van der Waals surface area contributed by atoms with Crippen LogP contribution in [0.1, 0.15) is 0 Å². The largest absolute Gasteiger partial charge is 0.508 e. The third kappa shape index (κ3) is 1.09. The maximum atomic E-state index is 9.20. The van der Waals surface area contributed by atoms with Crippen LogP contribution in [0, 0.1) is 0 Å². The van der Waals surface area contributed by atoms with Gasteiger partial charge in [-0.2, -0.15) is 0 Å². The molecule has 5 heteroatoms. The van der Waals surface area contributed by atoms with Gasteiger partial charge in [0.1, 0.15) is 5.75 Å². The highest BCUT2D eigenvalue weighted by molar-refractivity contribution is 5.79. The Kier molecular flexibility index (Phi) is 1.60. The Balaban J connectivity index is 2.76. The van der Waals surface area contributed by atoms with Crippen molar-refractivity contribution in [3.8, 4) is 5.75 Å². The van der Waals surface area contributed by atoms with Gasteiger partial charge in [0.2, 0.25) is 5.95 Å². The van der Waals surface area contributed by atoms with Gasteiger partial charge in [0.25, 0.3) is 0 Å². The Morgan fingerprint density at radius 1 is 1.54 bits per heavy atom. The minimum atomic E-state index is 0.203. The molecule has 2 aromatic rings. The number of phenols is 1. The number of fused-ring (bicyclic) bond motifs is 1. The van der Waals surface area contributed by atoms with E-state index in [1.807, 2.05) is 11.6 Å². The van der Waals surface area contributed by atoms with E-state index in [0.29, 0.717) is 5.95 Å². The van der Waals surface area contributed by atoms with Gasteiger partial charge in [-0.25, -0.2) is 10.8 Å². The van der Waals surface area contributed by atoms with E-state index < -0.39 is 0 Å². The van der Waals surface area contributed by atoms with Crippen LogP contribution in [0.15, 0.2) is 18.2 Å². The molecule has 68 valence electrons. The molecule has 0 amide bonds. The molecule has 1 aromatic carbocycles. The predicted molar refractivity (Wildman–Crippen MR) is 50.2 cm³/mol. The summed E-state index contributed by atoms with van der Waals surface area (Å²) in [7, 11) is 1.85. The Bertz CT molecular complexity index is 449. The first-order valence-corrected chi connectivity index (χ1v) is 3.84. The molecule has 0 bridgehead atoms. The van der Waals surface area contributed by atoms with Gasteiger partial charge in [0, 0.05) is 13.1 Å². The maximum Gasteiger partial charge on any atom is 0.218 e. The summed E-state index contributed by atoms with van der Waals surface area (Å²) in [4.78, 5) is 4.16. The average Bonchev–Trinajstić information content (AvgIpc) is 2.42. The van der Waals surface area contributed by atoms with Crippen LogP contribution < -0.4 is 11.3 Å². The molecule has 1 aromatic heterocycles. The number of nitrogens with one attached hydrogen (secondary N) is 1. The Morgan fingerprint density at radius 2 is 2.31 bits per heavy atom. The van der Waals surface area contributed by atoms with E-state index in [1.54, 1.807) is 18.2 Å². The van der Waals surface area contributed by atoms with Crippen LogP contribution >= 0.6 is 0 Å². The third-order valence-electron chi connectivity index (χ3n) is 1.99. The molecule has 2 rings (SSSR count). The van der Waals surface area contributed by atoms with Crippen LogP contribution in [0.25, 0.3) is 11.0 Å². The number of nitrogens with two attached hydrogens (primary N) is 1. The zero-order valence-corrected chi connectivity index (χ0v) is 7.15. The summed E-state index contributed by atoms with van der Waals surface area (Å²) in [5, 5.41) is 9.20. The van der Waals surface area contributed by atoms with Gasteiger partial charge < -0.3 is 9.67 Å². The molecule has 4 N–H and O–H groups in total. The fourth-order valence-electron chi connectivity index (χ4n) is 1.32. The molecular formula is C8H10N4O. The van der Waals surface area contributed by atoms with Crippen molar-refractivity contribution in [2.24, 2.45) is 12.9 Å². The van der Waals surface area contributed by atoms with E-state index in [1.165, 1.54) is 0 Å². The molecule has 0 aliphatic rings. The van der Waals surface area contributed by atoms with Crippen LogP contribution in [0.5, 0.6) is 5.75 Å². The zero-order valence-electron chi connectivity index (χ0n) is 7.15. The van der Waals surface area contributed by atoms with Crippen LogP contribution in [-0.2, 0) is 7.05 Å². The minimum absolute atomic E-state index is 0.203. The predicted octanol–water partition coefficient (Wildman–Crippen LogP) is 0.564. The van der Waals surface area contributed by atoms with Crippen LogP contribution in [0.2, 0.25) is 0 Å². The number of nitrogen functional groups attached to an aromatic ring is 1. The lowest BCUT2D eigenvalue weighted by molar-refractivity contribution is 0.476. The lowest BCUT2D eigenvalue weighted by atomic mass is 10.3. The molecule has 1 heterocycles. The number of rotatable bonds is 1. The summed E-state index contributed by atoms with van der Waals surface area (Å²) in [6.07, 6.45) is 0. The summed E-state index contributed by atoms with van der Waals surface area (Å²) >= 11 is 0. The molecule has 0 atom stereocenters. The number of imidazole rings is 1. The van der Waals surface area contributed by atoms with Crippen LogP contribution in [0.3, 0.4) is 0 Å². The van der Waals surface area contributed by atoms with Gasteiger partial charge in [0.05, 0.1) is 11.0 Å². The van der Waals surface area contributed by atoms with E-state index in [-0.39, 0.29) is 5.75 Å². The van der Waals surface area contributed by atoms with Crippen LogP contribution in [0.4, 0.5) is 5.95 Å². The molecule has 0 saturated heterocycles. The van der Waals surface area contributed by atoms with E-state index in [2.05, 4.69) is 10.4 Å². The second-order valence-electron chi connectivity index (χ2n) is 2.81. The van der Waals surface area contributed by atoms with E-state index in [4.69, 9.17) is 5.84 Å². The molecule has 0 aliphatic carbocycles. The van der Waals surface area contributed by atoms with E-state index >= 15 is 0 Å². The highest BCUT2D eigenvalue weighted by atomic mass is 16.3. The van der Waals surface area contributed by atoms with E-state index in [0.717, 1.165) is 11.0 Å². The molecule has 0 spiro atoms. The number of anilines is 1. The van der Waals surface area contributed by atoms with Crippen molar-refractivity contribution in [1.82, 2.24) is 9.55 Å². The number of nitrogens with zero attached hydrogens (tertiary/aromatic N) is 2. The second kappa shape index (κ2) is 2.63. The quantitative estimate of drug-likeness (QED) is 0.440. The van der Waals surface area contributed by atoms with Gasteiger partial charge >= 0.3 is 0 Å². The number of hydrazine groups is 1. The summed E-state index contributed by atoms with van der Waals surface area (Å²) in [5.41, 5.74) is 4.11. The van der Waals surface area contributed by atoms with Gasteiger partial charge in [0.15, 0.2) is 0 Å². The van der Waals surface area contributed by atoms with E-state index in [9.17, 15) is 5.11 Å². The number of hydrogen-bond acceptors (Lipinski definition) is 4. The topological polar surface area (TPSA) is 76.1 Å². The smallest absolute Gasteiger partial charge is 0.218 e. The van der Waals surface area contributed by atoms with Crippen molar-refractivity contribution in [2.75, 3.05) is 5.43 Å². The SMILES string of the molecule is Cn1c(NN)nc2cc(O)ccc21. The molecular weight excluding hydrogens is 168 g/mol. The van der Waals surface area contributed by atoms with Gasteiger partial charge in [-0.1, -0.05) is 0 Å². The van der Waals surface area contributed by atoms with Crippen molar-refractivity contribution in [2.45, 2.75) is 0 Å². The number of phenolic OH excluding ortho intramolecular Hbond substituents is 1. The average molecular weight is 178 g/mol. The standard InChI is InChI=1S/C8H10N4O/c1-12-7-3-2-5(13)4-6(7)10-8(12)11-9/h2-4,13H,9H2,1H3,(H,10,11). The second-order valence-corrected chi connectivity index (χ2v) is 2.81. The first-order valence-electron chi connectivity index (χ1n) is 3.84. The van der Waals surface area contributed by atoms with Crippen molar-refractivity contribution >= 4 is 17.0 Å². The number of benzene rings is 1. The highest BCUT2D eigenvalue weighted by Crippen LogP contribution is 2.21. The Morgan fingerprint density at radius 3 is 3.00 bits per heavy atom. The normalized spacial score (nSPS) is 10.6. The number of aromatic hydroxyl groups is 1.